The maximum Gasteiger partial charge on any atom is 0.277 e. The minimum absolute atomic E-state index is 0.00858. The van der Waals surface area contributed by atoms with Crippen molar-refractivity contribution in [3.63, 3.8) is 0 Å². The number of sulfonamides is 1. The number of allylic oxidation sites excluding steroid dienone is 1. The van der Waals surface area contributed by atoms with Crippen LogP contribution in [0.3, 0.4) is 0 Å². The van der Waals surface area contributed by atoms with Crippen molar-refractivity contribution < 1.29 is 13.2 Å². The molecule has 130 valence electrons. The molecule has 0 radical (unpaired) electrons. The third kappa shape index (κ3) is 3.50. The average molecular weight is 356 g/mol. The van der Waals surface area contributed by atoms with E-state index in [1.807, 2.05) is 24.3 Å². The Labute approximate surface area is 148 Å². The summed E-state index contributed by atoms with van der Waals surface area (Å²) in [5.74, 6) is 0.00858. The molecular formula is C19H20N2O3S. The highest BCUT2D eigenvalue weighted by molar-refractivity contribution is 7.89. The van der Waals surface area contributed by atoms with Gasteiger partial charge in [0.2, 0.25) is 0 Å². The molecule has 0 aliphatic carbocycles. The molecule has 1 aliphatic rings. The van der Waals surface area contributed by atoms with E-state index in [-0.39, 0.29) is 17.1 Å². The van der Waals surface area contributed by atoms with Crippen LogP contribution in [0.25, 0.3) is 0 Å². The van der Waals surface area contributed by atoms with Crippen molar-refractivity contribution in [3.05, 3.63) is 77.5 Å². The first-order valence-corrected chi connectivity index (χ1v) is 9.44. The van der Waals surface area contributed by atoms with Crippen molar-refractivity contribution >= 4 is 15.8 Å². The van der Waals surface area contributed by atoms with E-state index in [2.05, 4.69) is 0 Å². The fraction of sp³-hybridized carbons (Fsp3) is 0.211. The van der Waals surface area contributed by atoms with Crippen LogP contribution in [0.15, 0.2) is 71.3 Å². The van der Waals surface area contributed by atoms with Crippen LogP contribution in [0.1, 0.15) is 22.8 Å². The first-order valence-electron chi connectivity index (χ1n) is 8.00. The van der Waals surface area contributed by atoms with Crippen LogP contribution in [0, 0.1) is 0 Å². The molecular weight excluding hydrogens is 336 g/mol. The summed E-state index contributed by atoms with van der Waals surface area (Å²) >= 11 is 0. The molecule has 0 unspecified atom stereocenters. The van der Waals surface area contributed by atoms with Gasteiger partial charge < -0.3 is 0 Å². The number of carbonyl (C=O) groups excluding carboxylic acids is 1. The van der Waals surface area contributed by atoms with Gasteiger partial charge in [0, 0.05) is 31.3 Å². The molecule has 1 heterocycles. The van der Waals surface area contributed by atoms with Gasteiger partial charge >= 0.3 is 0 Å². The van der Waals surface area contributed by atoms with E-state index in [0.717, 1.165) is 5.56 Å². The van der Waals surface area contributed by atoms with Gasteiger partial charge in [0.05, 0.1) is 4.90 Å². The first kappa shape index (κ1) is 17.4. The normalized spacial score (nSPS) is 15.3. The summed E-state index contributed by atoms with van der Waals surface area (Å²) < 4.78 is 26.9. The maximum absolute atomic E-state index is 12.8. The van der Waals surface area contributed by atoms with Crippen molar-refractivity contribution in [3.8, 4) is 0 Å². The van der Waals surface area contributed by atoms with E-state index in [4.69, 9.17) is 0 Å². The molecule has 0 amide bonds. The number of Topliss-reactive ketones (excluding diaryl/α,β-unsaturated/α-hetero) is 1. The van der Waals surface area contributed by atoms with Gasteiger partial charge in [0.1, 0.15) is 0 Å². The summed E-state index contributed by atoms with van der Waals surface area (Å²) in [7, 11) is -1.89. The SMILES string of the molecule is CC1=CCN(C)N1S(=O)(=O)c1ccc(CC(=O)c2ccccc2)cc1. The van der Waals surface area contributed by atoms with Crippen molar-refractivity contribution in [2.75, 3.05) is 13.6 Å². The summed E-state index contributed by atoms with van der Waals surface area (Å²) in [5, 5.41) is 1.65. The monoisotopic (exact) mass is 356 g/mol. The zero-order valence-corrected chi connectivity index (χ0v) is 15.0. The lowest BCUT2D eigenvalue weighted by molar-refractivity contribution is 0.0993. The quantitative estimate of drug-likeness (QED) is 0.773. The number of carbonyl (C=O) groups is 1. The number of likely N-dealkylation sites (N-methyl/N-ethyl adjacent to an activating group) is 1. The van der Waals surface area contributed by atoms with Gasteiger partial charge in [-0.05, 0) is 30.7 Å². The number of hydrogen-bond acceptors (Lipinski definition) is 4. The predicted octanol–water partition coefficient (Wildman–Crippen LogP) is 2.87. The second-order valence-corrected chi connectivity index (χ2v) is 7.81. The zero-order chi connectivity index (χ0) is 18.0. The van der Waals surface area contributed by atoms with Crippen molar-refractivity contribution in [2.24, 2.45) is 0 Å². The van der Waals surface area contributed by atoms with Gasteiger partial charge in [-0.2, -0.15) is 8.42 Å². The molecule has 0 saturated heterocycles. The Kier molecular flexibility index (Phi) is 4.74. The zero-order valence-electron chi connectivity index (χ0n) is 14.2. The van der Waals surface area contributed by atoms with Crippen LogP contribution >= 0.6 is 0 Å². The van der Waals surface area contributed by atoms with Crippen LogP contribution in [0.2, 0.25) is 0 Å². The molecule has 25 heavy (non-hydrogen) atoms. The fourth-order valence-corrected chi connectivity index (χ4v) is 4.42. The van der Waals surface area contributed by atoms with Crippen molar-refractivity contribution in [1.29, 1.82) is 0 Å². The van der Waals surface area contributed by atoms with Gasteiger partial charge in [-0.3, -0.25) is 4.79 Å². The molecule has 1 aliphatic heterocycles. The Morgan fingerprint density at radius 1 is 1.04 bits per heavy atom. The molecule has 3 rings (SSSR count). The van der Waals surface area contributed by atoms with Crippen LogP contribution in [-0.4, -0.2) is 37.2 Å². The summed E-state index contributed by atoms with van der Waals surface area (Å²) in [5.41, 5.74) is 2.12. The lowest BCUT2D eigenvalue weighted by Gasteiger charge is -2.27. The molecule has 6 heteroatoms. The molecule has 0 saturated carbocycles. The molecule has 2 aromatic carbocycles. The Bertz CT molecular complexity index is 903. The second kappa shape index (κ2) is 6.82. The number of rotatable bonds is 5. The molecule has 0 bridgehead atoms. The largest absolute Gasteiger partial charge is 0.294 e. The first-order chi connectivity index (χ1) is 11.9. The third-order valence-corrected chi connectivity index (χ3v) is 6.06. The van der Waals surface area contributed by atoms with Gasteiger partial charge in [0.25, 0.3) is 10.0 Å². The topological polar surface area (TPSA) is 57.7 Å². The van der Waals surface area contributed by atoms with Gasteiger partial charge in [-0.15, -0.1) is 0 Å². The van der Waals surface area contributed by atoms with Crippen LogP contribution < -0.4 is 0 Å². The Morgan fingerprint density at radius 3 is 2.24 bits per heavy atom. The van der Waals surface area contributed by atoms with Crippen molar-refractivity contribution in [1.82, 2.24) is 9.42 Å². The molecule has 2 aromatic rings. The molecule has 5 nitrogen and oxygen atoms in total. The van der Waals surface area contributed by atoms with E-state index in [1.54, 1.807) is 55.4 Å². The van der Waals surface area contributed by atoms with Gasteiger partial charge in [-0.25, -0.2) is 9.42 Å². The van der Waals surface area contributed by atoms with Gasteiger partial charge in [0.15, 0.2) is 5.78 Å². The highest BCUT2D eigenvalue weighted by atomic mass is 32.2. The van der Waals surface area contributed by atoms with Crippen LogP contribution in [-0.2, 0) is 16.4 Å². The lowest BCUT2D eigenvalue weighted by atomic mass is 10.0. The molecule has 0 N–H and O–H groups in total. The third-order valence-electron chi connectivity index (χ3n) is 4.17. The van der Waals surface area contributed by atoms with Crippen LogP contribution in [0.5, 0.6) is 0 Å². The van der Waals surface area contributed by atoms with E-state index < -0.39 is 10.0 Å². The summed E-state index contributed by atoms with van der Waals surface area (Å²) in [6.07, 6.45) is 2.11. The molecule has 0 atom stereocenters. The Balaban J connectivity index is 1.78. The Morgan fingerprint density at radius 2 is 1.68 bits per heavy atom. The Hall–Kier alpha value is -2.44. The second-order valence-electron chi connectivity index (χ2n) is 6.04. The highest BCUT2D eigenvalue weighted by Crippen LogP contribution is 2.25. The van der Waals surface area contributed by atoms with Gasteiger partial charge in [-0.1, -0.05) is 42.5 Å². The molecule has 0 aromatic heterocycles. The van der Waals surface area contributed by atoms with E-state index in [1.165, 1.54) is 4.41 Å². The maximum atomic E-state index is 12.8. The highest BCUT2D eigenvalue weighted by Gasteiger charge is 2.31. The minimum Gasteiger partial charge on any atom is -0.294 e. The average Bonchev–Trinajstić information content (AvgIpc) is 2.95. The lowest BCUT2D eigenvalue weighted by Crippen LogP contribution is -2.38. The minimum atomic E-state index is -3.63. The van der Waals surface area contributed by atoms with E-state index in [0.29, 0.717) is 17.8 Å². The molecule has 0 spiro atoms. The standard InChI is InChI=1S/C19H20N2O3S/c1-15-12-13-20(2)21(15)25(23,24)18-10-8-16(9-11-18)14-19(22)17-6-4-3-5-7-17/h3-12H,13-14H2,1-2H3. The van der Waals surface area contributed by atoms with E-state index in [9.17, 15) is 13.2 Å². The van der Waals surface area contributed by atoms with E-state index >= 15 is 0 Å². The smallest absolute Gasteiger partial charge is 0.277 e. The summed E-state index contributed by atoms with van der Waals surface area (Å²) in [6.45, 7) is 2.34. The summed E-state index contributed by atoms with van der Waals surface area (Å²) in [4.78, 5) is 12.5. The molecule has 0 fully saturated rings. The number of nitrogens with zero attached hydrogens (tertiary/aromatic N) is 2. The number of benzene rings is 2. The van der Waals surface area contributed by atoms with Crippen LogP contribution in [0.4, 0.5) is 0 Å². The predicted molar refractivity (Wildman–Crippen MR) is 96.3 cm³/mol. The number of ketones is 1. The fourth-order valence-electron chi connectivity index (χ4n) is 2.85. The van der Waals surface area contributed by atoms with Crippen molar-refractivity contribution in [2.45, 2.75) is 18.2 Å². The number of hydrazine groups is 1. The number of hydrogen-bond donors (Lipinski definition) is 0. The summed E-state index contributed by atoms with van der Waals surface area (Å²) in [6, 6.07) is 15.6.